The van der Waals surface area contributed by atoms with Crippen LogP contribution in [0.3, 0.4) is 0 Å². The Kier molecular flexibility index (Phi) is 8.20. The maximum atomic E-state index is 13.1. The second-order valence-corrected chi connectivity index (χ2v) is 7.08. The van der Waals surface area contributed by atoms with E-state index in [2.05, 4.69) is 17.1 Å². The van der Waals surface area contributed by atoms with Crippen molar-refractivity contribution in [3.05, 3.63) is 29.8 Å². The van der Waals surface area contributed by atoms with E-state index in [0.29, 0.717) is 31.1 Å². The van der Waals surface area contributed by atoms with Gasteiger partial charge in [-0.15, -0.1) is 0 Å². The van der Waals surface area contributed by atoms with Gasteiger partial charge in [0.05, 0.1) is 26.7 Å². The van der Waals surface area contributed by atoms with Gasteiger partial charge in [-0.1, -0.05) is 19.1 Å². The molecule has 1 amide bonds. The van der Waals surface area contributed by atoms with Crippen LogP contribution in [0.15, 0.2) is 24.3 Å². The lowest BCUT2D eigenvalue weighted by Crippen LogP contribution is -2.37. The lowest BCUT2D eigenvalue weighted by molar-refractivity contribution is -0.152. The van der Waals surface area contributed by atoms with Crippen LogP contribution in [0.5, 0.6) is 11.8 Å². The fourth-order valence-electron chi connectivity index (χ4n) is 4.08. The quantitative estimate of drug-likeness (QED) is 0.436. The number of hydrogen-bond donors (Lipinski definition) is 1. The van der Waals surface area contributed by atoms with Gasteiger partial charge >= 0.3 is 5.97 Å². The Morgan fingerprint density at radius 3 is 2.53 bits per heavy atom. The third kappa shape index (κ3) is 4.90. The van der Waals surface area contributed by atoms with Crippen molar-refractivity contribution >= 4 is 18.3 Å². The largest absolute Gasteiger partial charge is 0.483 e. The van der Waals surface area contributed by atoms with E-state index in [1.807, 2.05) is 13.8 Å². The third-order valence-electron chi connectivity index (χ3n) is 5.42. The van der Waals surface area contributed by atoms with Gasteiger partial charge in [0.25, 0.3) is 12.4 Å². The molecule has 0 unspecified atom stereocenters. The highest BCUT2D eigenvalue weighted by atomic mass is 16.5. The van der Waals surface area contributed by atoms with Crippen LogP contribution >= 0.6 is 0 Å². The Balaban J connectivity index is 0.00000101. The average molecular weight is 420 g/mol. The normalized spacial score (nSPS) is 24.2. The van der Waals surface area contributed by atoms with Gasteiger partial charge in [-0.3, -0.25) is 14.4 Å². The maximum absolute atomic E-state index is 13.1. The van der Waals surface area contributed by atoms with E-state index in [-0.39, 0.29) is 47.9 Å². The van der Waals surface area contributed by atoms with Gasteiger partial charge < -0.3 is 24.2 Å². The molecule has 0 bridgehead atoms. The molecular weight excluding hydrogens is 392 g/mol. The molecule has 164 valence electrons. The zero-order chi connectivity index (χ0) is 22.3. The molecule has 1 aliphatic heterocycles. The highest BCUT2D eigenvalue weighted by Crippen LogP contribution is 2.40. The average Bonchev–Trinajstić information content (AvgIpc) is 3.17. The number of amides is 1. The topological polar surface area (TPSA) is 115 Å². The number of esters is 1. The van der Waals surface area contributed by atoms with E-state index in [1.165, 1.54) is 14.2 Å². The molecule has 3 rings (SSSR count). The summed E-state index contributed by atoms with van der Waals surface area (Å²) in [5.74, 6) is 0.369. The predicted octanol–water partition coefficient (Wildman–Crippen LogP) is 1.87. The van der Waals surface area contributed by atoms with Crippen molar-refractivity contribution in [3.8, 4) is 11.8 Å². The molecule has 2 aliphatic rings. The highest BCUT2D eigenvalue weighted by molar-refractivity contribution is 5.96. The molecule has 0 radical (unpaired) electrons. The lowest BCUT2D eigenvalue weighted by atomic mass is 9.72. The molecule has 0 aromatic carbocycles. The molecule has 1 saturated heterocycles. The minimum absolute atomic E-state index is 0.0604. The van der Waals surface area contributed by atoms with Gasteiger partial charge in [0, 0.05) is 19.2 Å². The summed E-state index contributed by atoms with van der Waals surface area (Å²) in [5.41, 5.74) is 0.390. The first-order valence-electron chi connectivity index (χ1n) is 9.72. The van der Waals surface area contributed by atoms with Crippen LogP contribution in [-0.4, -0.2) is 67.3 Å². The first kappa shape index (κ1) is 23.2. The van der Waals surface area contributed by atoms with Crippen LogP contribution in [0.25, 0.3) is 0 Å². The van der Waals surface area contributed by atoms with Crippen LogP contribution in [0.1, 0.15) is 24.2 Å². The molecule has 1 aromatic heterocycles. The number of carbonyl (C=O) groups excluding carboxylic acids is 2. The van der Waals surface area contributed by atoms with Crippen molar-refractivity contribution in [1.29, 1.82) is 0 Å². The van der Waals surface area contributed by atoms with Crippen LogP contribution in [0, 0.1) is 23.7 Å². The number of likely N-dealkylation sites (tertiary alicyclic amines) is 1. The SMILES string of the molecule is CCOC(=O)[C@@H]1[C@H]2CN(C(=O)c3ccc(OC)nc3OC)C[C@@H]2C=C[C@@H]1C.O=CO. The van der Waals surface area contributed by atoms with Gasteiger partial charge in [-0.2, -0.15) is 4.98 Å². The molecule has 0 saturated carbocycles. The number of methoxy groups -OCH3 is 2. The number of hydrogen-bond acceptors (Lipinski definition) is 7. The number of carbonyl (C=O) groups is 3. The Bertz CT molecular complexity index is 796. The van der Waals surface area contributed by atoms with Crippen molar-refractivity contribution in [3.63, 3.8) is 0 Å². The number of aromatic nitrogens is 1. The zero-order valence-electron chi connectivity index (χ0n) is 17.6. The summed E-state index contributed by atoms with van der Waals surface area (Å²) in [4.78, 5) is 39.9. The van der Waals surface area contributed by atoms with Crippen molar-refractivity contribution < 1.29 is 33.7 Å². The molecule has 1 N–H and O–H groups in total. The summed E-state index contributed by atoms with van der Waals surface area (Å²) in [6, 6.07) is 3.30. The Morgan fingerprint density at radius 2 is 1.93 bits per heavy atom. The Labute approximate surface area is 175 Å². The number of rotatable bonds is 5. The molecule has 2 heterocycles. The molecule has 1 aliphatic carbocycles. The standard InChI is InChI=1S/C20H26N2O5.CH2O2/c1-5-27-20(24)17-12(2)6-7-13-10-22(11-15(13)17)19(23)14-8-9-16(25-3)21-18(14)26-4;2-1-3/h6-9,12-13,15,17H,5,10-11H2,1-4H3;1H,(H,2,3)/t12-,13-,15-,17-;/m0./s1. The second kappa shape index (κ2) is 10.6. The van der Waals surface area contributed by atoms with Crippen LogP contribution < -0.4 is 9.47 Å². The minimum atomic E-state index is -0.250. The molecule has 9 nitrogen and oxygen atoms in total. The fourth-order valence-corrected chi connectivity index (χ4v) is 4.08. The maximum Gasteiger partial charge on any atom is 0.309 e. The van der Waals surface area contributed by atoms with E-state index < -0.39 is 0 Å². The van der Waals surface area contributed by atoms with E-state index in [4.69, 9.17) is 24.1 Å². The van der Waals surface area contributed by atoms with Gasteiger partial charge in [-0.25, -0.2) is 0 Å². The molecule has 1 fully saturated rings. The highest BCUT2D eigenvalue weighted by Gasteiger charge is 2.46. The van der Waals surface area contributed by atoms with Crippen LogP contribution in [0.2, 0.25) is 0 Å². The van der Waals surface area contributed by atoms with Gasteiger partial charge in [-0.05, 0) is 30.7 Å². The van der Waals surface area contributed by atoms with E-state index >= 15 is 0 Å². The minimum Gasteiger partial charge on any atom is -0.483 e. The lowest BCUT2D eigenvalue weighted by Gasteiger charge is -2.31. The molecule has 9 heteroatoms. The number of nitrogens with zero attached hydrogens (tertiary/aromatic N) is 2. The molecule has 4 atom stereocenters. The van der Waals surface area contributed by atoms with E-state index in [9.17, 15) is 9.59 Å². The second-order valence-electron chi connectivity index (χ2n) is 7.08. The summed E-state index contributed by atoms with van der Waals surface area (Å²) in [6.07, 6.45) is 4.19. The molecule has 1 aromatic rings. The number of carboxylic acid groups (broad SMARTS) is 1. The van der Waals surface area contributed by atoms with Gasteiger partial charge in [0.15, 0.2) is 0 Å². The summed E-state index contributed by atoms with van der Waals surface area (Å²) >= 11 is 0. The summed E-state index contributed by atoms with van der Waals surface area (Å²) in [7, 11) is 2.99. The number of pyridine rings is 1. The first-order valence-corrected chi connectivity index (χ1v) is 9.72. The monoisotopic (exact) mass is 420 g/mol. The zero-order valence-corrected chi connectivity index (χ0v) is 17.6. The fraction of sp³-hybridized carbons (Fsp3) is 0.524. The van der Waals surface area contributed by atoms with Gasteiger partial charge in [0.2, 0.25) is 11.8 Å². The number of allylic oxidation sites excluding steroid dienone is 1. The van der Waals surface area contributed by atoms with Crippen molar-refractivity contribution in [2.45, 2.75) is 13.8 Å². The predicted molar refractivity (Wildman–Crippen MR) is 107 cm³/mol. The Hall–Kier alpha value is -3.10. The van der Waals surface area contributed by atoms with Crippen molar-refractivity contribution in [1.82, 2.24) is 9.88 Å². The summed E-state index contributed by atoms with van der Waals surface area (Å²) in [6.45, 7) is 5.02. The Morgan fingerprint density at radius 1 is 1.23 bits per heavy atom. The molecule has 0 spiro atoms. The van der Waals surface area contributed by atoms with Crippen LogP contribution in [-0.2, 0) is 14.3 Å². The van der Waals surface area contributed by atoms with Crippen LogP contribution in [0.4, 0.5) is 0 Å². The van der Waals surface area contributed by atoms with E-state index in [0.717, 1.165) is 0 Å². The molecular formula is C21H28N2O7. The smallest absolute Gasteiger partial charge is 0.309 e. The van der Waals surface area contributed by atoms with Crippen molar-refractivity contribution in [2.75, 3.05) is 33.9 Å². The third-order valence-corrected chi connectivity index (χ3v) is 5.42. The summed E-state index contributed by atoms with van der Waals surface area (Å²) in [5, 5.41) is 6.89. The number of fused-ring (bicyclic) bond motifs is 1. The molecule has 30 heavy (non-hydrogen) atoms. The van der Waals surface area contributed by atoms with Gasteiger partial charge in [0.1, 0.15) is 5.56 Å². The van der Waals surface area contributed by atoms with E-state index in [1.54, 1.807) is 17.0 Å². The summed E-state index contributed by atoms with van der Waals surface area (Å²) < 4.78 is 15.6. The van der Waals surface area contributed by atoms with Crippen molar-refractivity contribution in [2.24, 2.45) is 23.7 Å². The first-order chi connectivity index (χ1) is 14.4. The number of ether oxygens (including phenoxy) is 3.